The van der Waals surface area contributed by atoms with Crippen LogP contribution in [-0.2, 0) is 9.53 Å². The molecule has 0 bridgehead atoms. The van der Waals surface area contributed by atoms with Gasteiger partial charge in [-0.15, -0.1) is 0 Å². The van der Waals surface area contributed by atoms with E-state index in [2.05, 4.69) is 12.2 Å². The minimum Gasteiger partial charge on any atom is -0.480 e. The van der Waals surface area contributed by atoms with Crippen LogP contribution in [0, 0.1) is 5.92 Å². The largest absolute Gasteiger partial charge is 0.480 e. The van der Waals surface area contributed by atoms with Gasteiger partial charge in [0.05, 0.1) is 6.61 Å². The molecule has 3 atom stereocenters. The summed E-state index contributed by atoms with van der Waals surface area (Å²) in [6, 6.07) is 0.310. The molecule has 2 N–H and O–H groups in total. The van der Waals surface area contributed by atoms with E-state index in [9.17, 15) is 9.90 Å². The molecule has 0 spiro atoms. The number of carbonyl (C=O) groups is 1. The third-order valence-electron chi connectivity index (χ3n) is 3.84. The van der Waals surface area contributed by atoms with Crippen LogP contribution in [0.3, 0.4) is 0 Å². The Hall–Kier alpha value is -0.610. The molecule has 1 saturated carbocycles. The minimum atomic E-state index is -0.968. The molecule has 100 valence electrons. The summed E-state index contributed by atoms with van der Waals surface area (Å²) in [6.07, 6.45) is 5.85. The average Bonchev–Trinajstić information content (AvgIpc) is 2.30. The second kappa shape index (κ2) is 6.36. The van der Waals surface area contributed by atoms with Gasteiger partial charge in [0.25, 0.3) is 0 Å². The van der Waals surface area contributed by atoms with Crippen molar-refractivity contribution in [3.05, 3.63) is 0 Å². The maximum absolute atomic E-state index is 11.3. The number of nitrogens with one attached hydrogen (secondary N) is 1. The Morgan fingerprint density at radius 3 is 2.65 bits per heavy atom. The Morgan fingerprint density at radius 1 is 1.47 bits per heavy atom. The van der Waals surface area contributed by atoms with E-state index in [0.29, 0.717) is 12.0 Å². The Labute approximate surface area is 104 Å². The van der Waals surface area contributed by atoms with Gasteiger partial charge in [-0.1, -0.05) is 26.2 Å². The molecule has 1 rings (SSSR count). The minimum absolute atomic E-state index is 0.204. The number of hydrogen-bond donors (Lipinski definition) is 2. The first kappa shape index (κ1) is 14.5. The van der Waals surface area contributed by atoms with Crippen molar-refractivity contribution in [2.75, 3.05) is 13.7 Å². The van der Waals surface area contributed by atoms with E-state index < -0.39 is 11.5 Å². The number of carboxylic acid groups (broad SMARTS) is 1. The maximum Gasteiger partial charge on any atom is 0.326 e. The lowest BCUT2D eigenvalue weighted by Gasteiger charge is -2.37. The Bertz CT molecular complexity index is 257. The lowest BCUT2D eigenvalue weighted by Crippen LogP contribution is -2.58. The van der Waals surface area contributed by atoms with Crippen LogP contribution in [0.5, 0.6) is 0 Å². The standard InChI is InChI=1S/C13H25NO3/c1-4-10-7-5-6-8-11(10)14-13(2,9-17-3)12(15)16/h10-11,14H,4-9H2,1-3H3,(H,15,16). The van der Waals surface area contributed by atoms with Crippen molar-refractivity contribution in [1.29, 1.82) is 0 Å². The van der Waals surface area contributed by atoms with E-state index in [1.165, 1.54) is 19.3 Å². The zero-order valence-corrected chi connectivity index (χ0v) is 11.2. The van der Waals surface area contributed by atoms with Crippen LogP contribution < -0.4 is 5.32 Å². The third-order valence-corrected chi connectivity index (χ3v) is 3.84. The molecule has 0 saturated heterocycles. The van der Waals surface area contributed by atoms with Gasteiger partial charge in [-0.3, -0.25) is 10.1 Å². The summed E-state index contributed by atoms with van der Waals surface area (Å²) in [4.78, 5) is 11.3. The summed E-state index contributed by atoms with van der Waals surface area (Å²) >= 11 is 0. The molecule has 4 heteroatoms. The van der Waals surface area contributed by atoms with Crippen LogP contribution in [0.2, 0.25) is 0 Å². The molecule has 4 nitrogen and oxygen atoms in total. The van der Waals surface area contributed by atoms with Crippen molar-refractivity contribution >= 4 is 5.97 Å². The van der Waals surface area contributed by atoms with Gasteiger partial charge in [0.15, 0.2) is 0 Å². The average molecular weight is 243 g/mol. The summed E-state index contributed by atoms with van der Waals surface area (Å²) < 4.78 is 5.04. The topological polar surface area (TPSA) is 58.6 Å². The van der Waals surface area contributed by atoms with E-state index in [0.717, 1.165) is 12.8 Å². The zero-order valence-electron chi connectivity index (χ0n) is 11.2. The quantitative estimate of drug-likeness (QED) is 0.749. The lowest BCUT2D eigenvalue weighted by molar-refractivity contribution is -0.147. The van der Waals surface area contributed by atoms with E-state index in [1.54, 1.807) is 14.0 Å². The molecule has 1 fully saturated rings. The highest BCUT2D eigenvalue weighted by atomic mass is 16.5. The van der Waals surface area contributed by atoms with Gasteiger partial charge < -0.3 is 9.84 Å². The number of methoxy groups -OCH3 is 1. The molecular weight excluding hydrogens is 218 g/mol. The highest BCUT2D eigenvalue weighted by Gasteiger charge is 2.37. The van der Waals surface area contributed by atoms with Gasteiger partial charge in [0.1, 0.15) is 5.54 Å². The number of hydrogen-bond acceptors (Lipinski definition) is 3. The number of ether oxygens (including phenoxy) is 1. The van der Waals surface area contributed by atoms with Crippen LogP contribution in [0.25, 0.3) is 0 Å². The predicted molar refractivity (Wildman–Crippen MR) is 67.1 cm³/mol. The number of rotatable bonds is 6. The number of carboxylic acids is 1. The molecule has 0 aromatic carbocycles. The van der Waals surface area contributed by atoms with E-state index >= 15 is 0 Å². The summed E-state index contributed by atoms with van der Waals surface area (Å²) in [5.74, 6) is -0.237. The highest BCUT2D eigenvalue weighted by molar-refractivity contribution is 5.78. The van der Waals surface area contributed by atoms with Crippen molar-refractivity contribution in [2.45, 2.75) is 57.5 Å². The summed E-state index contributed by atoms with van der Waals surface area (Å²) in [5.41, 5.74) is -0.968. The van der Waals surface area contributed by atoms with Gasteiger partial charge in [-0.25, -0.2) is 0 Å². The van der Waals surface area contributed by atoms with Crippen molar-refractivity contribution in [3.63, 3.8) is 0 Å². The van der Waals surface area contributed by atoms with Crippen LogP contribution in [0.15, 0.2) is 0 Å². The van der Waals surface area contributed by atoms with Gasteiger partial charge in [0, 0.05) is 13.2 Å². The van der Waals surface area contributed by atoms with E-state index in [1.807, 2.05) is 0 Å². The van der Waals surface area contributed by atoms with Gasteiger partial charge >= 0.3 is 5.97 Å². The fraction of sp³-hybridized carbons (Fsp3) is 0.923. The second-order valence-electron chi connectivity index (χ2n) is 5.27. The number of aliphatic carboxylic acids is 1. The van der Waals surface area contributed by atoms with Crippen LogP contribution in [0.1, 0.15) is 46.0 Å². The molecule has 1 aliphatic carbocycles. The monoisotopic (exact) mass is 243 g/mol. The first-order chi connectivity index (χ1) is 8.03. The first-order valence-electron chi connectivity index (χ1n) is 6.53. The van der Waals surface area contributed by atoms with Gasteiger partial charge in [0.2, 0.25) is 0 Å². The second-order valence-corrected chi connectivity index (χ2v) is 5.27. The van der Waals surface area contributed by atoms with Crippen LogP contribution >= 0.6 is 0 Å². The molecule has 0 aromatic rings. The van der Waals surface area contributed by atoms with Crippen LogP contribution in [0.4, 0.5) is 0 Å². The molecule has 0 aliphatic heterocycles. The molecule has 0 heterocycles. The smallest absolute Gasteiger partial charge is 0.326 e. The van der Waals surface area contributed by atoms with E-state index in [-0.39, 0.29) is 6.61 Å². The molecule has 0 amide bonds. The molecular formula is C13H25NO3. The third kappa shape index (κ3) is 3.68. The van der Waals surface area contributed by atoms with Crippen molar-refractivity contribution < 1.29 is 14.6 Å². The van der Waals surface area contributed by atoms with E-state index in [4.69, 9.17) is 4.74 Å². The Kier molecular flexibility index (Phi) is 5.40. The van der Waals surface area contributed by atoms with Crippen molar-refractivity contribution in [3.8, 4) is 0 Å². The molecule has 17 heavy (non-hydrogen) atoms. The summed E-state index contributed by atoms with van der Waals surface area (Å²) in [7, 11) is 1.54. The fourth-order valence-electron chi connectivity index (χ4n) is 2.75. The van der Waals surface area contributed by atoms with Gasteiger partial charge in [-0.05, 0) is 25.7 Å². The fourth-order valence-corrected chi connectivity index (χ4v) is 2.75. The van der Waals surface area contributed by atoms with Crippen LogP contribution in [-0.4, -0.2) is 36.4 Å². The highest BCUT2D eigenvalue weighted by Crippen LogP contribution is 2.28. The summed E-state index contributed by atoms with van der Waals surface area (Å²) in [6.45, 7) is 4.09. The lowest BCUT2D eigenvalue weighted by atomic mass is 9.81. The normalized spacial score (nSPS) is 28.6. The zero-order chi connectivity index (χ0) is 12.9. The van der Waals surface area contributed by atoms with Crippen molar-refractivity contribution in [1.82, 2.24) is 5.32 Å². The van der Waals surface area contributed by atoms with Crippen molar-refractivity contribution in [2.24, 2.45) is 5.92 Å². The Balaban J connectivity index is 2.67. The van der Waals surface area contributed by atoms with Gasteiger partial charge in [-0.2, -0.15) is 0 Å². The SMILES string of the molecule is CCC1CCCCC1NC(C)(COC)C(=O)O. The summed E-state index contributed by atoms with van der Waals surface area (Å²) in [5, 5.41) is 12.6. The first-order valence-corrected chi connectivity index (χ1v) is 6.53. The molecule has 3 unspecified atom stereocenters. The maximum atomic E-state index is 11.3. The molecule has 0 aromatic heterocycles. The Morgan fingerprint density at radius 2 is 2.12 bits per heavy atom. The predicted octanol–water partition coefficient (Wildman–Crippen LogP) is 2.03. The molecule has 0 radical (unpaired) electrons. The molecule has 1 aliphatic rings.